The third-order valence-corrected chi connectivity index (χ3v) is 3.03. The quantitative estimate of drug-likeness (QED) is 0.773. The molecular weight excluding hydrogens is 249 g/mol. The van der Waals surface area contributed by atoms with Crippen molar-refractivity contribution in [2.45, 2.75) is 19.6 Å². The summed E-state index contributed by atoms with van der Waals surface area (Å²) in [5.74, 6) is 0.0471. The van der Waals surface area contributed by atoms with Gasteiger partial charge < -0.3 is 4.74 Å². The molecule has 0 radical (unpaired) electrons. The minimum atomic E-state index is -0.615. The van der Waals surface area contributed by atoms with Crippen LogP contribution >= 0.6 is 0 Å². The molecule has 6 heteroatoms. The van der Waals surface area contributed by atoms with Crippen LogP contribution in [-0.2, 0) is 11.3 Å². The second-order valence-electron chi connectivity index (χ2n) is 4.35. The number of hydrogen-bond acceptors (Lipinski definition) is 4. The van der Waals surface area contributed by atoms with Crippen LogP contribution < -0.4 is 0 Å². The van der Waals surface area contributed by atoms with Gasteiger partial charge in [0.25, 0.3) is 0 Å². The first-order chi connectivity index (χ1) is 9.16. The monoisotopic (exact) mass is 261 g/mol. The van der Waals surface area contributed by atoms with Crippen molar-refractivity contribution in [2.24, 2.45) is 0 Å². The summed E-state index contributed by atoms with van der Waals surface area (Å²) in [6, 6.07) is 6.38. The molecule has 1 aromatic heterocycles. The fourth-order valence-electron chi connectivity index (χ4n) is 2.11. The highest BCUT2D eigenvalue weighted by Gasteiger charge is 2.29. The number of carbonyl (C=O) groups excluding carboxylic acids is 1. The fraction of sp³-hybridized carbons (Fsp3) is 0.308. The van der Waals surface area contributed by atoms with Gasteiger partial charge in [0.15, 0.2) is 11.6 Å². The van der Waals surface area contributed by atoms with Gasteiger partial charge in [-0.25, -0.2) is 14.1 Å². The van der Waals surface area contributed by atoms with Crippen molar-refractivity contribution in [3.05, 3.63) is 47.3 Å². The lowest BCUT2D eigenvalue weighted by Gasteiger charge is -2.23. The van der Waals surface area contributed by atoms with E-state index in [0.29, 0.717) is 24.5 Å². The lowest BCUT2D eigenvalue weighted by Crippen LogP contribution is -2.24. The van der Waals surface area contributed by atoms with E-state index in [1.54, 1.807) is 22.9 Å². The minimum Gasteiger partial charge on any atom is -0.363 e. The molecule has 0 bridgehead atoms. The molecule has 0 amide bonds. The van der Waals surface area contributed by atoms with E-state index in [2.05, 4.69) is 10.1 Å². The second kappa shape index (κ2) is 4.55. The molecule has 5 nitrogen and oxygen atoms in total. The van der Waals surface area contributed by atoms with Crippen molar-refractivity contribution in [1.82, 2.24) is 14.8 Å². The van der Waals surface area contributed by atoms with Crippen LogP contribution in [0.5, 0.6) is 0 Å². The molecule has 1 aliphatic rings. The van der Waals surface area contributed by atoms with Crippen molar-refractivity contribution in [3.8, 4) is 0 Å². The molecule has 1 atom stereocenters. The summed E-state index contributed by atoms with van der Waals surface area (Å²) >= 11 is 0. The van der Waals surface area contributed by atoms with Crippen LogP contribution in [0, 0.1) is 5.82 Å². The maximum atomic E-state index is 13.8. The number of fused-ring (bicyclic) bond motifs is 1. The van der Waals surface area contributed by atoms with Crippen molar-refractivity contribution in [2.75, 3.05) is 6.61 Å². The van der Waals surface area contributed by atoms with Gasteiger partial charge in [-0.15, -0.1) is 5.10 Å². The lowest BCUT2D eigenvalue weighted by atomic mass is 10.1. The molecule has 0 saturated carbocycles. The summed E-state index contributed by atoms with van der Waals surface area (Å²) in [7, 11) is 0. The van der Waals surface area contributed by atoms with Gasteiger partial charge in [-0.05, 0) is 6.07 Å². The Morgan fingerprint density at radius 3 is 3.00 bits per heavy atom. The van der Waals surface area contributed by atoms with Crippen LogP contribution in [0.25, 0.3) is 0 Å². The smallest absolute Gasteiger partial charge is 0.217 e. The number of rotatable bonds is 2. The summed E-state index contributed by atoms with van der Waals surface area (Å²) in [5, 5.41) is 4.11. The molecule has 0 N–H and O–H groups in total. The molecule has 0 spiro atoms. The molecular formula is C13H12FN3O2. The topological polar surface area (TPSA) is 57.0 Å². The van der Waals surface area contributed by atoms with E-state index in [1.165, 1.54) is 13.0 Å². The predicted octanol–water partition coefficient (Wildman–Crippen LogP) is 1.74. The van der Waals surface area contributed by atoms with Crippen molar-refractivity contribution < 1.29 is 13.9 Å². The molecule has 98 valence electrons. The molecule has 3 rings (SSSR count). The highest BCUT2D eigenvalue weighted by Crippen LogP contribution is 2.29. The van der Waals surface area contributed by atoms with Gasteiger partial charge in [-0.2, -0.15) is 0 Å². The summed E-state index contributed by atoms with van der Waals surface area (Å²) in [5.41, 5.74) is 0.408. The van der Waals surface area contributed by atoms with Gasteiger partial charge in [0.2, 0.25) is 5.82 Å². The van der Waals surface area contributed by atoms with Gasteiger partial charge in [0.05, 0.1) is 13.2 Å². The first-order valence-electron chi connectivity index (χ1n) is 5.98. The van der Waals surface area contributed by atoms with Gasteiger partial charge in [0.1, 0.15) is 11.9 Å². The standard InChI is InChI=1S/C13H12FN3O2/c1-8(18)12-15-13-11(19-7-6-17(13)16-12)9-4-2-3-5-10(9)14/h2-5,11H,6-7H2,1H3. The van der Waals surface area contributed by atoms with Gasteiger partial charge in [-0.3, -0.25) is 4.79 Å². The molecule has 0 fully saturated rings. The summed E-state index contributed by atoms with van der Waals surface area (Å²) < 4.78 is 21.0. The largest absolute Gasteiger partial charge is 0.363 e. The Morgan fingerprint density at radius 2 is 2.26 bits per heavy atom. The zero-order valence-corrected chi connectivity index (χ0v) is 10.3. The molecule has 1 unspecified atom stereocenters. The highest BCUT2D eigenvalue weighted by atomic mass is 19.1. The van der Waals surface area contributed by atoms with Crippen molar-refractivity contribution in [1.29, 1.82) is 0 Å². The Kier molecular flexibility index (Phi) is 2.87. The number of carbonyl (C=O) groups is 1. The Labute approximate surface area is 109 Å². The highest BCUT2D eigenvalue weighted by molar-refractivity contribution is 5.90. The van der Waals surface area contributed by atoms with E-state index in [9.17, 15) is 9.18 Å². The predicted molar refractivity (Wildman–Crippen MR) is 64.2 cm³/mol. The number of halogens is 1. The van der Waals surface area contributed by atoms with Crippen LogP contribution in [0.15, 0.2) is 24.3 Å². The third-order valence-electron chi connectivity index (χ3n) is 3.03. The molecule has 19 heavy (non-hydrogen) atoms. The van der Waals surface area contributed by atoms with Crippen LogP contribution in [0.2, 0.25) is 0 Å². The van der Waals surface area contributed by atoms with Gasteiger partial charge >= 0.3 is 0 Å². The zero-order valence-electron chi connectivity index (χ0n) is 10.3. The summed E-state index contributed by atoms with van der Waals surface area (Å²) in [6.07, 6.45) is -0.615. The third kappa shape index (κ3) is 2.04. The number of ether oxygens (including phenoxy) is 1. The number of aromatic nitrogens is 3. The SMILES string of the molecule is CC(=O)c1nc2n(n1)CCOC2c1ccccc1F. The normalized spacial score (nSPS) is 18.1. The number of hydrogen-bond donors (Lipinski definition) is 0. The number of nitrogens with zero attached hydrogens (tertiary/aromatic N) is 3. The molecule has 1 aromatic carbocycles. The number of ketones is 1. The van der Waals surface area contributed by atoms with Crippen LogP contribution in [-0.4, -0.2) is 27.2 Å². The molecule has 0 aliphatic carbocycles. The molecule has 2 aromatic rings. The second-order valence-corrected chi connectivity index (χ2v) is 4.35. The molecule has 1 aliphatic heterocycles. The van der Waals surface area contributed by atoms with Crippen molar-refractivity contribution in [3.63, 3.8) is 0 Å². The van der Waals surface area contributed by atoms with E-state index < -0.39 is 6.10 Å². The van der Waals surface area contributed by atoms with E-state index >= 15 is 0 Å². The maximum Gasteiger partial charge on any atom is 0.217 e. The van der Waals surface area contributed by atoms with Crippen LogP contribution in [0.3, 0.4) is 0 Å². The number of benzene rings is 1. The summed E-state index contributed by atoms with van der Waals surface area (Å²) in [4.78, 5) is 15.5. The minimum absolute atomic E-state index is 0.141. The molecule has 0 saturated heterocycles. The average Bonchev–Trinajstić information content (AvgIpc) is 2.83. The first kappa shape index (κ1) is 12.0. The number of Topliss-reactive ketones (excluding diaryl/α,β-unsaturated/α-hetero) is 1. The fourth-order valence-corrected chi connectivity index (χ4v) is 2.11. The van der Waals surface area contributed by atoms with Crippen LogP contribution in [0.1, 0.15) is 35.0 Å². The molecule has 2 heterocycles. The lowest BCUT2D eigenvalue weighted by molar-refractivity contribution is 0.0369. The Balaban J connectivity index is 2.07. The Morgan fingerprint density at radius 1 is 1.47 bits per heavy atom. The van der Waals surface area contributed by atoms with E-state index in [1.807, 2.05) is 0 Å². The zero-order chi connectivity index (χ0) is 13.4. The average molecular weight is 261 g/mol. The van der Waals surface area contributed by atoms with E-state index in [0.717, 1.165) is 0 Å². The van der Waals surface area contributed by atoms with E-state index in [4.69, 9.17) is 4.74 Å². The van der Waals surface area contributed by atoms with Gasteiger partial charge in [-0.1, -0.05) is 18.2 Å². The maximum absolute atomic E-state index is 13.8. The Hall–Kier alpha value is -2.08. The Bertz CT molecular complexity index is 639. The first-order valence-corrected chi connectivity index (χ1v) is 5.98. The van der Waals surface area contributed by atoms with Crippen LogP contribution in [0.4, 0.5) is 4.39 Å². The van der Waals surface area contributed by atoms with Crippen molar-refractivity contribution >= 4 is 5.78 Å². The van der Waals surface area contributed by atoms with Gasteiger partial charge in [0, 0.05) is 12.5 Å². The summed E-state index contributed by atoms with van der Waals surface area (Å²) in [6.45, 7) is 2.33. The van der Waals surface area contributed by atoms with E-state index in [-0.39, 0.29) is 17.4 Å².